The van der Waals surface area contributed by atoms with Gasteiger partial charge in [-0.25, -0.2) is 8.42 Å². The minimum absolute atomic E-state index is 0.0278. The number of rotatable bonds is 5. The molecule has 1 atom stereocenters. The monoisotopic (exact) mass is 352 g/mol. The Labute approximate surface area is 143 Å². The fourth-order valence-corrected chi connectivity index (χ4v) is 4.44. The van der Waals surface area contributed by atoms with Gasteiger partial charge in [-0.3, -0.25) is 4.79 Å². The van der Waals surface area contributed by atoms with Crippen LogP contribution in [0.5, 0.6) is 0 Å². The largest absolute Gasteiger partial charge is 0.377 e. The molecule has 0 spiro atoms. The maximum absolute atomic E-state index is 12.7. The molecule has 2 fully saturated rings. The molecule has 0 saturated carbocycles. The zero-order valence-corrected chi connectivity index (χ0v) is 14.8. The van der Waals surface area contributed by atoms with E-state index >= 15 is 0 Å². The fourth-order valence-electron chi connectivity index (χ4n) is 3.24. The van der Waals surface area contributed by atoms with E-state index in [2.05, 4.69) is 0 Å². The van der Waals surface area contributed by atoms with Crippen LogP contribution in [-0.2, 0) is 19.6 Å². The van der Waals surface area contributed by atoms with Gasteiger partial charge in [0, 0.05) is 38.9 Å². The number of amides is 1. The molecule has 1 unspecified atom stereocenters. The summed E-state index contributed by atoms with van der Waals surface area (Å²) in [6.07, 6.45) is 4.41. The molecule has 0 N–H and O–H groups in total. The third kappa shape index (κ3) is 3.63. The SMILES string of the molecule is CN(CC1CCCCO1)S(=O)(=O)c1ccc(N2CCCC2=O)cc1. The van der Waals surface area contributed by atoms with Crippen molar-refractivity contribution >= 4 is 21.6 Å². The highest BCUT2D eigenvalue weighted by atomic mass is 32.2. The van der Waals surface area contributed by atoms with Crippen molar-refractivity contribution in [3.63, 3.8) is 0 Å². The summed E-state index contributed by atoms with van der Waals surface area (Å²) < 4.78 is 32.4. The molecule has 0 radical (unpaired) electrons. The van der Waals surface area contributed by atoms with Crippen molar-refractivity contribution in [3.8, 4) is 0 Å². The Morgan fingerprint density at radius 1 is 1.21 bits per heavy atom. The first-order valence-corrected chi connectivity index (χ1v) is 9.91. The predicted octanol–water partition coefficient (Wildman–Crippen LogP) is 2.00. The lowest BCUT2D eigenvalue weighted by atomic mass is 10.1. The van der Waals surface area contributed by atoms with E-state index in [1.807, 2.05) is 0 Å². The van der Waals surface area contributed by atoms with Crippen molar-refractivity contribution in [3.05, 3.63) is 24.3 Å². The van der Waals surface area contributed by atoms with Crippen LogP contribution in [0.15, 0.2) is 29.2 Å². The number of benzene rings is 1. The van der Waals surface area contributed by atoms with Crippen LogP contribution in [0.25, 0.3) is 0 Å². The first kappa shape index (κ1) is 17.4. The second-order valence-corrected chi connectivity index (χ2v) is 8.46. The number of ether oxygens (including phenoxy) is 1. The Bertz CT molecular complexity index is 681. The van der Waals surface area contributed by atoms with E-state index in [9.17, 15) is 13.2 Å². The lowest BCUT2D eigenvalue weighted by Crippen LogP contribution is -2.37. The summed E-state index contributed by atoms with van der Waals surface area (Å²) in [5.41, 5.74) is 0.759. The molecule has 1 amide bonds. The minimum atomic E-state index is -3.54. The van der Waals surface area contributed by atoms with E-state index < -0.39 is 10.0 Å². The van der Waals surface area contributed by atoms with Crippen molar-refractivity contribution in [1.82, 2.24) is 4.31 Å². The van der Waals surface area contributed by atoms with Crippen molar-refractivity contribution in [1.29, 1.82) is 0 Å². The summed E-state index contributed by atoms with van der Waals surface area (Å²) in [6, 6.07) is 6.57. The van der Waals surface area contributed by atoms with Crippen molar-refractivity contribution in [2.75, 3.05) is 31.6 Å². The highest BCUT2D eigenvalue weighted by Gasteiger charge is 2.26. The fraction of sp³-hybridized carbons (Fsp3) is 0.588. The van der Waals surface area contributed by atoms with Gasteiger partial charge in [0.05, 0.1) is 11.0 Å². The standard InChI is InChI=1S/C17H24N2O4S/c1-18(13-15-5-2-3-12-23-15)24(21,22)16-9-7-14(8-10-16)19-11-4-6-17(19)20/h7-10,15H,2-6,11-13H2,1H3. The molecule has 2 heterocycles. The second kappa shape index (κ2) is 7.21. The Morgan fingerprint density at radius 2 is 1.96 bits per heavy atom. The normalized spacial score (nSPS) is 22.3. The maximum Gasteiger partial charge on any atom is 0.242 e. The number of nitrogens with zero attached hydrogens (tertiary/aromatic N) is 2. The number of anilines is 1. The first-order valence-electron chi connectivity index (χ1n) is 8.47. The smallest absolute Gasteiger partial charge is 0.242 e. The topological polar surface area (TPSA) is 66.9 Å². The van der Waals surface area contributed by atoms with Crippen LogP contribution < -0.4 is 4.90 Å². The zero-order chi connectivity index (χ0) is 17.2. The molecule has 132 valence electrons. The Balaban J connectivity index is 1.70. The van der Waals surface area contributed by atoms with Gasteiger partial charge >= 0.3 is 0 Å². The second-order valence-electron chi connectivity index (χ2n) is 6.42. The van der Waals surface area contributed by atoms with E-state index in [1.165, 1.54) is 4.31 Å². The summed E-state index contributed by atoms with van der Waals surface area (Å²) >= 11 is 0. The zero-order valence-electron chi connectivity index (χ0n) is 14.0. The van der Waals surface area contributed by atoms with E-state index in [-0.39, 0.29) is 16.9 Å². The summed E-state index contributed by atoms with van der Waals surface area (Å²) in [6.45, 7) is 1.77. The van der Waals surface area contributed by atoms with Gasteiger partial charge in [0.2, 0.25) is 15.9 Å². The maximum atomic E-state index is 12.7. The number of carbonyl (C=O) groups is 1. The van der Waals surface area contributed by atoms with E-state index in [0.29, 0.717) is 26.1 Å². The molecule has 0 bridgehead atoms. The van der Waals surface area contributed by atoms with Crippen LogP contribution in [0.1, 0.15) is 32.1 Å². The van der Waals surface area contributed by atoms with Crippen molar-refractivity contribution in [2.45, 2.75) is 43.1 Å². The third-order valence-corrected chi connectivity index (χ3v) is 6.50. The van der Waals surface area contributed by atoms with Gasteiger partial charge in [-0.2, -0.15) is 4.31 Å². The van der Waals surface area contributed by atoms with Crippen LogP contribution in [0, 0.1) is 0 Å². The van der Waals surface area contributed by atoms with Crippen molar-refractivity contribution < 1.29 is 17.9 Å². The molecule has 3 rings (SSSR count). The molecule has 7 heteroatoms. The third-order valence-electron chi connectivity index (χ3n) is 4.66. The van der Waals surface area contributed by atoms with Crippen LogP contribution in [0.2, 0.25) is 0 Å². The highest BCUT2D eigenvalue weighted by molar-refractivity contribution is 7.89. The van der Waals surface area contributed by atoms with Gasteiger partial charge in [0.25, 0.3) is 0 Å². The van der Waals surface area contributed by atoms with Crippen LogP contribution in [0.3, 0.4) is 0 Å². The van der Waals surface area contributed by atoms with Crippen LogP contribution in [-0.4, -0.2) is 51.5 Å². The minimum Gasteiger partial charge on any atom is -0.377 e. The molecule has 0 aliphatic carbocycles. The molecule has 2 aliphatic heterocycles. The van der Waals surface area contributed by atoms with E-state index in [0.717, 1.165) is 31.4 Å². The lowest BCUT2D eigenvalue weighted by molar-refractivity contribution is -0.117. The van der Waals surface area contributed by atoms with Gasteiger partial charge < -0.3 is 9.64 Å². The molecule has 1 aromatic rings. The molecular weight excluding hydrogens is 328 g/mol. The lowest BCUT2D eigenvalue weighted by Gasteiger charge is -2.27. The average molecular weight is 352 g/mol. The number of sulfonamides is 1. The van der Waals surface area contributed by atoms with Gasteiger partial charge in [-0.1, -0.05) is 0 Å². The molecule has 2 aliphatic rings. The number of hydrogen-bond donors (Lipinski definition) is 0. The quantitative estimate of drug-likeness (QED) is 0.813. The number of likely N-dealkylation sites (N-methyl/N-ethyl adjacent to an activating group) is 1. The Hall–Kier alpha value is -1.44. The molecule has 0 aromatic heterocycles. The van der Waals surface area contributed by atoms with Gasteiger partial charge in [0.15, 0.2) is 0 Å². The molecule has 6 nitrogen and oxygen atoms in total. The Kier molecular flexibility index (Phi) is 5.22. The summed E-state index contributed by atoms with van der Waals surface area (Å²) in [5, 5.41) is 0. The molecule has 24 heavy (non-hydrogen) atoms. The van der Waals surface area contributed by atoms with Crippen LogP contribution >= 0.6 is 0 Å². The Morgan fingerprint density at radius 3 is 2.54 bits per heavy atom. The summed E-state index contributed by atoms with van der Waals surface area (Å²) in [4.78, 5) is 13.7. The van der Waals surface area contributed by atoms with E-state index in [1.54, 1.807) is 36.2 Å². The van der Waals surface area contributed by atoms with Gasteiger partial charge in [-0.05, 0) is 49.9 Å². The molecule has 1 aromatic carbocycles. The molecular formula is C17H24N2O4S. The van der Waals surface area contributed by atoms with Gasteiger partial charge in [0.1, 0.15) is 0 Å². The highest BCUT2D eigenvalue weighted by Crippen LogP contribution is 2.24. The predicted molar refractivity (Wildman–Crippen MR) is 91.4 cm³/mol. The first-order chi connectivity index (χ1) is 11.5. The number of hydrogen-bond acceptors (Lipinski definition) is 4. The summed E-state index contributed by atoms with van der Waals surface area (Å²) in [5.74, 6) is 0.0946. The van der Waals surface area contributed by atoms with Crippen LogP contribution in [0.4, 0.5) is 5.69 Å². The summed E-state index contributed by atoms with van der Waals surface area (Å²) in [7, 11) is -1.95. The number of carbonyl (C=O) groups excluding carboxylic acids is 1. The van der Waals surface area contributed by atoms with Gasteiger partial charge in [-0.15, -0.1) is 0 Å². The van der Waals surface area contributed by atoms with E-state index in [4.69, 9.17) is 4.74 Å². The average Bonchev–Trinajstić information content (AvgIpc) is 3.02. The van der Waals surface area contributed by atoms with Crippen molar-refractivity contribution in [2.24, 2.45) is 0 Å². The molecule has 2 saturated heterocycles.